The van der Waals surface area contributed by atoms with Crippen molar-refractivity contribution in [3.05, 3.63) is 0 Å². The van der Waals surface area contributed by atoms with Gasteiger partial charge in [0, 0.05) is 0 Å². The molecule has 11 heavy (non-hydrogen) atoms. The minimum atomic E-state index is -0.312. The fraction of sp³-hybridized carbons (Fsp3) is 0.714. The molecule has 0 saturated heterocycles. The summed E-state index contributed by atoms with van der Waals surface area (Å²) < 4.78 is 0. The topological polar surface area (TPSA) is 67.5 Å². The lowest BCUT2D eigenvalue weighted by Crippen LogP contribution is -2.41. The standard InChI is InChI=1S/C7H13N3O/c1-3-4(2)5-6(8)10-7(11)9-5/h4-5H,3H2,1-2H3,(H3,8,9,10,11). The van der Waals surface area contributed by atoms with E-state index in [-0.39, 0.29) is 12.1 Å². The molecule has 2 amide bonds. The highest BCUT2D eigenvalue weighted by atomic mass is 16.2. The fourth-order valence-corrected chi connectivity index (χ4v) is 1.10. The molecular formula is C7H13N3O. The maximum absolute atomic E-state index is 10.7. The monoisotopic (exact) mass is 155 g/mol. The van der Waals surface area contributed by atoms with Crippen LogP contribution in [-0.2, 0) is 0 Å². The lowest BCUT2D eigenvalue weighted by Gasteiger charge is -2.16. The number of rotatable bonds is 2. The third kappa shape index (κ3) is 1.50. The Kier molecular flexibility index (Phi) is 2.12. The number of carbonyl (C=O) groups excluding carboxylic acids is 1. The Hall–Kier alpha value is -1.06. The maximum atomic E-state index is 10.7. The van der Waals surface area contributed by atoms with Crippen molar-refractivity contribution in [2.24, 2.45) is 16.6 Å². The third-order valence-electron chi connectivity index (χ3n) is 2.04. The minimum absolute atomic E-state index is 0.0486. The van der Waals surface area contributed by atoms with Gasteiger partial charge >= 0.3 is 6.03 Å². The molecule has 4 heteroatoms. The Morgan fingerprint density at radius 1 is 1.82 bits per heavy atom. The summed E-state index contributed by atoms with van der Waals surface area (Å²) in [5.41, 5.74) is 5.51. The van der Waals surface area contributed by atoms with Gasteiger partial charge in [-0.15, -0.1) is 0 Å². The highest BCUT2D eigenvalue weighted by Gasteiger charge is 2.27. The van der Waals surface area contributed by atoms with E-state index in [9.17, 15) is 4.79 Å². The lowest BCUT2D eigenvalue weighted by molar-refractivity contribution is 0.248. The number of hydrogen-bond acceptors (Lipinski definition) is 2. The SMILES string of the molecule is CCC(C)C1NC(=O)N=C1N. The Labute approximate surface area is 65.9 Å². The molecule has 62 valence electrons. The summed E-state index contributed by atoms with van der Waals surface area (Å²) in [5, 5.41) is 2.69. The number of amides is 2. The van der Waals surface area contributed by atoms with Crippen molar-refractivity contribution in [3.8, 4) is 0 Å². The van der Waals surface area contributed by atoms with E-state index in [1.165, 1.54) is 0 Å². The molecule has 0 bridgehead atoms. The highest BCUT2D eigenvalue weighted by molar-refractivity contribution is 6.02. The van der Waals surface area contributed by atoms with Gasteiger partial charge in [0.25, 0.3) is 0 Å². The van der Waals surface area contributed by atoms with E-state index in [0.717, 1.165) is 6.42 Å². The quantitative estimate of drug-likeness (QED) is 0.609. The van der Waals surface area contributed by atoms with Gasteiger partial charge in [0.2, 0.25) is 0 Å². The molecule has 1 aliphatic rings. The smallest absolute Gasteiger partial charge is 0.343 e. The normalized spacial score (nSPS) is 26.2. The number of carbonyl (C=O) groups is 1. The Balaban J connectivity index is 2.63. The molecule has 0 aromatic heterocycles. The highest BCUT2D eigenvalue weighted by Crippen LogP contribution is 2.11. The fourth-order valence-electron chi connectivity index (χ4n) is 1.10. The molecule has 0 aromatic carbocycles. The molecule has 4 nitrogen and oxygen atoms in total. The number of nitrogens with one attached hydrogen (secondary N) is 1. The van der Waals surface area contributed by atoms with Crippen LogP contribution in [0.15, 0.2) is 4.99 Å². The summed E-state index contributed by atoms with van der Waals surface area (Å²) in [6, 6.07) is -0.361. The molecule has 2 atom stereocenters. The van der Waals surface area contributed by atoms with E-state index in [1.807, 2.05) is 6.92 Å². The van der Waals surface area contributed by atoms with Gasteiger partial charge in [0.1, 0.15) is 5.84 Å². The zero-order valence-corrected chi connectivity index (χ0v) is 6.79. The van der Waals surface area contributed by atoms with Crippen molar-refractivity contribution in [1.29, 1.82) is 0 Å². The van der Waals surface area contributed by atoms with Crippen molar-refractivity contribution < 1.29 is 4.79 Å². The zero-order valence-electron chi connectivity index (χ0n) is 6.79. The number of hydrogen-bond donors (Lipinski definition) is 2. The predicted octanol–water partition coefficient (Wildman–Crippen LogP) is 0.482. The molecule has 0 spiro atoms. The van der Waals surface area contributed by atoms with Gasteiger partial charge < -0.3 is 11.1 Å². The second-order valence-electron chi connectivity index (χ2n) is 2.85. The molecule has 0 radical (unpaired) electrons. The Bertz CT molecular complexity index is 200. The number of aliphatic imine (C=N–C) groups is 1. The predicted molar refractivity (Wildman–Crippen MR) is 43.4 cm³/mol. The van der Waals surface area contributed by atoms with E-state index >= 15 is 0 Å². The Morgan fingerprint density at radius 3 is 2.82 bits per heavy atom. The number of urea groups is 1. The summed E-state index contributed by atoms with van der Waals surface area (Å²) in [4.78, 5) is 14.3. The van der Waals surface area contributed by atoms with Crippen LogP contribution in [0.1, 0.15) is 20.3 Å². The maximum Gasteiger partial charge on any atom is 0.343 e. The average molecular weight is 155 g/mol. The number of nitrogens with zero attached hydrogens (tertiary/aromatic N) is 1. The second-order valence-corrected chi connectivity index (χ2v) is 2.85. The summed E-state index contributed by atoms with van der Waals surface area (Å²) in [5.74, 6) is 0.787. The first-order valence-electron chi connectivity index (χ1n) is 3.79. The van der Waals surface area contributed by atoms with E-state index in [4.69, 9.17) is 5.73 Å². The van der Waals surface area contributed by atoms with Crippen molar-refractivity contribution >= 4 is 11.9 Å². The van der Waals surface area contributed by atoms with Crippen LogP contribution in [0.4, 0.5) is 4.79 Å². The third-order valence-corrected chi connectivity index (χ3v) is 2.04. The van der Waals surface area contributed by atoms with Gasteiger partial charge in [0.05, 0.1) is 6.04 Å². The average Bonchev–Trinajstić information content (AvgIpc) is 2.28. The van der Waals surface area contributed by atoms with Gasteiger partial charge in [-0.2, -0.15) is 4.99 Å². The van der Waals surface area contributed by atoms with Crippen molar-refractivity contribution in [1.82, 2.24) is 5.32 Å². The molecule has 1 heterocycles. The molecule has 0 fully saturated rings. The van der Waals surface area contributed by atoms with Gasteiger partial charge in [-0.25, -0.2) is 4.79 Å². The molecular weight excluding hydrogens is 142 g/mol. The van der Waals surface area contributed by atoms with Crippen LogP contribution in [0.3, 0.4) is 0 Å². The van der Waals surface area contributed by atoms with Crippen LogP contribution in [0.25, 0.3) is 0 Å². The molecule has 1 aliphatic heterocycles. The lowest BCUT2D eigenvalue weighted by atomic mass is 9.99. The van der Waals surface area contributed by atoms with Crippen LogP contribution in [0.2, 0.25) is 0 Å². The molecule has 0 aliphatic carbocycles. The van der Waals surface area contributed by atoms with Gasteiger partial charge in [-0.3, -0.25) is 0 Å². The van der Waals surface area contributed by atoms with E-state index in [0.29, 0.717) is 11.8 Å². The largest absolute Gasteiger partial charge is 0.385 e. The van der Waals surface area contributed by atoms with Crippen LogP contribution >= 0.6 is 0 Å². The molecule has 3 N–H and O–H groups in total. The van der Waals surface area contributed by atoms with Gasteiger partial charge in [0.15, 0.2) is 0 Å². The van der Waals surface area contributed by atoms with E-state index < -0.39 is 0 Å². The summed E-state index contributed by atoms with van der Waals surface area (Å²) in [6.07, 6.45) is 0.987. The molecule has 2 unspecified atom stereocenters. The number of nitrogens with two attached hydrogens (primary N) is 1. The minimum Gasteiger partial charge on any atom is -0.385 e. The molecule has 1 rings (SSSR count). The van der Waals surface area contributed by atoms with Gasteiger partial charge in [-0.05, 0) is 5.92 Å². The van der Waals surface area contributed by atoms with Crippen LogP contribution in [0, 0.1) is 5.92 Å². The zero-order chi connectivity index (χ0) is 8.43. The van der Waals surface area contributed by atoms with Crippen LogP contribution in [0.5, 0.6) is 0 Å². The van der Waals surface area contributed by atoms with E-state index in [2.05, 4.69) is 17.2 Å². The summed E-state index contributed by atoms with van der Waals surface area (Å²) in [6.45, 7) is 4.10. The molecule has 0 aromatic rings. The first-order chi connectivity index (χ1) is 5.15. The van der Waals surface area contributed by atoms with E-state index in [1.54, 1.807) is 0 Å². The van der Waals surface area contributed by atoms with Crippen molar-refractivity contribution in [3.63, 3.8) is 0 Å². The first kappa shape index (κ1) is 8.04. The second kappa shape index (κ2) is 2.90. The molecule has 0 saturated carbocycles. The van der Waals surface area contributed by atoms with Gasteiger partial charge in [-0.1, -0.05) is 20.3 Å². The number of amidine groups is 1. The summed E-state index contributed by atoms with van der Waals surface area (Å²) >= 11 is 0. The summed E-state index contributed by atoms with van der Waals surface area (Å²) in [7, 11) is 0. The first-order valence-corrected chi connectivity index (χ1v) is 3.79. The van der Waals surface area contributed by atoms with Crippen LogP contribution in [-0.4, -0.2) is 17.9 Å². The van der Waals surface area contributed by atoms with Crippen molar-refractivity contribution in [2.75, 3.05) is 0 Å². The van der Waals surface area contributed by atoms with Crippen LogP contribution < -0.4 is 11.1 Å². The Morgan fingerprint density at radius 2 is 2.45 bits per heavy atom. The van der Waals surface area contributed by atoms with Crippen molar-refractivity contribution in [2.45, 2.75) is 26.3 Å².